The van der Waals surface area contributed by atoms with E-state index in [9.17, 15) is 9.59 Å². The molecule has 0 unspecified atom stereocenters. The maximum atomic E-state index is 12.0. The summed E-state index contributed by atoms with van der Waals surface area (Å²) in [5.41, 5.74) is 10.5. The average molecular weight is 388 g/mol. The highest BCUT2D eigenvalue weighted by Gasteiger charge is 2.06. The number of nitrogens with one attached hydrogen (secondary N) is 2. The van der Waals surface area contributed by atoms with Crippen LogP contribution in [0.1, 0.15) is 25.3 Å². The van der Waals surface area contributed by atoms with Gasteiger partial charge < -0.3 is 21.2 Å². The van der Waals surface area contributed by atoms with Crippen LogP contribution in [0.4, 0.5) is 17.2 Å². The van der Waals surface area contributed by atoms with Gasteiger partial charge in [-0.25, -0.2) is 4.98 Å². The van der Waals surface area contributed by atoms with Gasteiger partial charge in [0.2, 0.25) is 5.91 Å². The van der Waals surface area contributed by atoms with E-state index in [1.807, 2.05) is 54.6 Å². The predicted molar refractivity (Wildman–Crippen MR) is 116 cm³/mol. The highest BCUT2D eigenvalue weighted by molar-refractivity contribution is 5.93. The topological polar surface area (TPSA) is 97.1 Å². The van der Waals surface area contributed by atoms with Crippen LogP contribution in [0.5, 0.6) is 0 Å². The second-order valence-electron chi connectivity index (χ2n) is 6.82. The number of pyridine rings is 1. The van der Waals surface area contributed by atoms with Crippen LogP contribution in [0, 0.1) is 0 Å². The number of carbonyl (C=O) groups is 2. The normalized spacial score (nSPS) is 10.4. The van der Waals surface area contributed by atoms with Crippen LogP contribution < -0.4 is 16.4 Å². The molecule has 3 aromatic rings. The van der Waals surface area contributed by atoms with Gasteiger partial charge in [-0.1, -0.05) is 30.3 Å². The van der Waals surface area contributed by atoms with Crippen LogP contribution >= 0.6 is 0 Å². The number of hydrogen-bond donors (Lipinski definition) is 3. The molecule has 0 aliphatic rings. The van der Waals surface area contributed by atoms with Crippen molar-refractivity contribution in [1.29, 1.82) is 0 Å². The molecular formula is C23H24N4O2. The van der Waals surface area contributed by atoms with E-state index in [1.54, 1.807) is 6.20 Å². The highest BCUT2D eigenvalue weighted by Crippen LogP contribution is 2.24. The van der Waals surface area contributed by atoms with Crippen LogP contribution in [0.3, 0.4) is 0 Å². The van der Waals surface area contributed by atoms with E-state index in [4.69, 9.17) is 5.73 Å². The Kier molecular flexibility index (Phi) is 6.58. The summed E-state index contributed by atoms with van der Waals surface area (Å²) in [4.78, 5) is 27.1. The molecule has 29 heavy (non-hydrogen) atoms. The molecule has 148 valence electrons. The zero-order valence-corrected chi connectivity index (χ0v) is 16.3. The zero-order chi connectivity index (χ0) is 20.6. The summed E-state index contributed by atoms with van der Waals surface area (Å²) in [7, 11) is 0. The van der Waals surface area contributed by atoms with Crippen LogP contribution in [0.25, 0.3) is 11.1 Å². The molecule has 0 aliphatic heterocycles. The van der Waals surface area contributed by atoms with Gasteiger partial charge >= 0.3 is 0 Å². The molecule has 4 N–H and O–H groups in total. The molecule has 2 aromatic carbocycles. The first-order valence-electron chi connectivity index (χ1n) is 9.44. The van der Waals surface area contributed by atoms with Crippen molar-refractivity contribution >= 4 is 28.9 Å². The minimum absolute atomic E-state index is 0.00682. The van der Waals surface area contributed by atoms with Gasteiger partial charge in [0.1, 0.15) is 11.6 Å². The number of nitrogens with two attached hydrogens (primary N) is 1. The lowest BCUT2D eigenvalue weighted by atomic mass is 10.0. The summed E-state index contributed by atoms with van der Waals surface area (Å²) >= 11 is 0. The fourth-order valence-electron chi connectivity index (χ4n) is 2.91. The third-order valence-electron chi connectivity index (χ3n) is 4.43. The number of hydrogen-bond acceptors (Lipinski definition) is 5. The van der Waals surface area contributed by atoms with Crippen LogP contribution in [0.15, 0.2) is 66.9 Å². The molecule has 1 aromatic heterocycles. The number of nitrogen functional groups attached to an aromatic ring is 1. The van der Waals surface area contributed by atoms with E-state index >= 15 is 0 Å². The predicted octanol–water partition coefficient (Wildman–Crippen LogP) is 4.25. The summed E-state index contributed by atoms with van der Waals surface area (Å²) < 4.78 is 0. The van der Waals surface area contributed by atoms with Gasteiger partial charge in [0, 0.05) is 31.3 Å². The van der Waals surface area contributed by atoms with E-state index in [0.717, 1.165) is 22.4 Å². The molecule has 1 heterocycles. The van der Waals surface area contributed by atoms with Crippen molar-refractivity contribution in [3.05, 3.63) is 72.4 Å². The van der Waals surface area contributed by atoms with Crippen LogP contribution in [-0.4, -0.2) is 16.7 Å². The Balaban J connectivity index is 1.69. The van der Waals surface area contributed by atoms with E-state index in [1.165, 1.54) is 6.92 Å². The Bertz CT molecular complexity index is 1020. The Morgan fingerprint density at radius 2 is 1.72 bits per heavy atom. The van der Waals surface area contributed by atoms with Gasteiger partial charge in [-0.2, -0.15) is 0 Å². The van der Waals surface area contributed by atoms with Crippen molar-refractivity contribution in [2.24, 2.45) is 0 Å². The van der Waals surface area contributed by atoms with Crippen molar-refractivity contribution < 1.29 is 9.59 Å². The average Bonchev–Trinajstić information content (AvgIpc) is 2.72. The molecule has 6 nitrogen and oxygen atoms in total. The van der Waals surface area contributed by atoms with E-state index in [2.05, 4.69) is 21.7 Å². The molecular weight excluding hydrogens is 364 g/mol. The minimum Gasteiger partial charge on any atom is -0.382 e. The van der Waals surface area contributed by atoms with Gasteiger partial charge in [-0.15, -0.1) is 0 Å². The molecule has 1 amide bonds. The van der Waals surface area contributed by atoms with E-state index < -0.39 is 0 Å². The zero-order valence-electron chi connectivity index (χ0n) is 16.3. The van der Waals surface area contributed by atoms with Crippen molar-refractivity contribution in [2.45, 2.75) is 26.3 Å². The largest absolute Gasteiger partial charge is 0.382 e. The lowest BCUT2D eigenvalue weighted by Gasteiger charge is -2.11. The van der Waals surface area contributed by atoms with Crippen molar-refractivity contribution in [3.63, 3.8) is 0 Å². The second kappa shape index (κ2) is 9.50. The summed E-state index contributed by atoms with van der Waals surface area (Å²) in [5.74, 6) is 0.314. The number of amides is 1. The molecule has 0 fully saturated rings. The van der Waals surface area contributed by atoms with Crippen molar-refractivity contribution in [1.82, 2.24) is 4.98 Å². The summed E-state index contributed by atoms with van der Waals surface area (Å²) in [5, 5.41) is 6.15. The summed E-state index contributed by atoms with van der Waals surface area (Å²) in [6.45, 7) is 2.10. The van der Waals surface area contributed by atoms with Gasteiger partial charge in [0.15, 0.2) is 0 Å². The number of benzene rings is 2. The fraction of sp³-hybridized carbons (Fsp3) is 0.174. The van der Waals surface area contributed by atoms with Gasteiger partial charge in [-0.05, 0) is 53.9 Å². The fourth-order valence-corrected chi connectivity index (χ4v) is 2.91. The minimum atomic E-state index is -0.163. The number of carbonyl (C=O) groups excluding carboxylic acids is 2. The maximum absolute atomic E-state index is 12.0. The number of nitrogens with zero attached hydrogens (tertiary/aromatic N) is 1. The second-order valence-corrected chi connectivity index (χ2v) is 6.82. The first-order chi connectivity index (χ1) is 14.0. The third-order valence-corrected chi connectivity index (χ3v) is 4.43. The smallest absolute Gasteiger partial charge is 0.224 e. The molecule has 0 saturated carbocycles. The Labute approximate surface area is 170 Å². The lowest BCUT2D eigenvalue weighted by molar-refractivity contribution is -0.121. The molecule has 0 radical (unpaired) electrons. The molecule has 0 bridgehead atoms. The highest BCUT2D eigenvalue weighted by atomic mass is 16.2. The molecule has 0 aliphatic carbocycles. The summed E-state index contributed by atoms with van der Waals surface area (Å²) in [6.07, 6.45) is 2.10. The Hall–Kier alpha value is -3.67. The first kappa shape index (κ1) is 20.1. The third kappa shape index (κ3) is 5.90. The standard InChI is InChI=1S/C23H24N4O2/c1-16(28)10-11-22(29)27-20-8-3-7-19(14-20)18-6-2-5-17(13-18)15-26-21-9-4-12-25-23(21)24/h2-9,12-14,26H,10-11,15H2,1H3,(H2,24,25)(H,27,29). The van der Waals surface area contributed by atoms with Crippen molar-refractivity contribution in [3.8, 4) is 11.1 Å². The number of anilines is 3. The molecule has 0 spiro atoms. The molecule has 0 saturated heterocycles. The van der Waals surface area contributed by atoms with E-state index in [0.29, 0.717) is 18.1 Å². The van der Waals surface area contributed by atoms with Gasteiger partial charge in [0.25, 0.3) is 0 Å². The number of ketones is 1. The van der Waals surface area contributed by atoms with E-state index in [-0.39, 0.29) is 24.5 Å². The number of Topliss-reactive ketones (excluding diaryl/α,β-unsaturated/α-hetero) is 1. The number of rotatable bonds is 8. The quantitative estimate of drug-likeness (QED) is 0.536. The number of aromatic nitrogens is 1. The Morgan fingerprint density at radius 1 is 0.966 bits per heavy atom. The molecule has 6 heteroatoms. The SMILES string of the molecule is CC(=O)CCC(=O)Nc1cccc(-c2cccc(CNc3cccnc3N)c2)c1. The monoisotopic (exact) mass is 388 g/mol. The van der Waals surface area contributed by atoms with Crippen LogP contribution in [-0.2, 0) is 16.1 Å². The first-order valence-corrected chi connectivity index (χ1v) is 9.44. The molecule has 3 rings (SSSR count). The lowest BCUT2D eigenvalue weighted by Crippen LogP contribution is -2.12. The van der Waals surface area contributed by atoms with Crippen molar-refractivity contribution in [2.75, 3.05) is 16.4 Å². The van der Waals surface area contributed by atoms with Crippen LogP contribution in [0.2, 0.25) is 0 Å². The van der Waals surface area contributed by atoms with Gasteiger partial charge in [-0.3, -0.25) is 4.79 Å². The Morgan fingerprint density at radius 3 is 2.48 bits per heavy atom. The maximum Gasteiger partial charge on any atom is 0.224 e. The van der Waals surface area contributed by atoms with Gasteiger partial charge in [0.05, 0.1) is 5.69 Å². The molecule has 0 atom stereocenters. The summed E-state index contributed by atoms with van der Waals surface area (Å²) in [6, 6.07) is 19.6.